The predicted octanol–water partition coefficient (Wildman–Crippen LogP) is 1.64. The molecule has 1 amide bonds. The summed E-state index contributed by atoms with van der Waals surface area (Å²) < 4.78 is 13.3. The second kappa shape index (κ2) is 5.90. The predicted molar refractivity (Wildman–Crippen MR) is 71.6 cm³/mol. The van der Waals surface area contributed by atoms with E-state index in [0.717, 1.165) is 18.9 Å². The normalized spacial score (nSPS) is 21.6. The Kier molecular flexibility index (Phi) is 4.22. The van der Waals surface area contributed by atoms with Crippen LogP contribution in [0, 0.1) is 17.7 Å². The van der Waals surface area contributed by atoms with Gasteiger partial charge in [-0.05, 0) is 37.0 Å². The summed E-state index contributed by atoms with van der Waals surface area (Å²) in [5, 5.41) is 11.7. The maximum atomic E-state index is 13.3. The number of benzene rings is 1. The van der Waals surface area contributed by atoms with Gasteiger partial charge in [-0.2, -0.15) is 0 Å². The van der Waals surface area contributed by atoms with Crippen molar-refractivity contribution in [3.63, 3.8) is 0 Å². The molecule has 1 aliphatic rings. The zero-order valence-corrected chi connectivity index (χ0v) is 10.9. The van der Waals surface area contributed by atoms with Crippen molar-refractivity contribution in [2.24, 2.45) is 11.8 Å². The fourth-order valence-corrected chi connectivity index (χ4v) is 2.60. The van der Waals surface area contributed by atoms with Crippen molar-refractivity contribution in [1.82, 2.24) is 5.32 Å². The van der Waals surface area contributed by atoms with E-state index in [1.54, 1.807) is 0 Å². The van der Waals surface area contributed by atoms with Gasteiger partial charge in [0.15, 0.2) is 0 Å². The lowest BCUT2D eigenvalue weighted by molar-refractivity contribution is -0.142. The molecule has 1 aliphatic carbocycles. The van der Waals surface area contributed by atoms with Gasteiger partial charge in [0.25, 0.3) is 5.91 Å². The molecule has 5 nitrogen and oxygen atoms in total. The van der Waals surface area contributed by atoms with Crippen LogP contribution in [-0.2, 0) is 4.79 Å². The Balaban J connectivity index is 1.95. The van der Waals surface area contributed by atoms with E-state index < -0.39 is 23.6 Å². The lowest BCUT2D eigenvalue weighted by Gasteiger charge is -2.16. The second-order valence-corrected chi connectivity index (χ2v) is 5.08. The standard InChI is InChI=1S/C14H17FN2O3/c15-11-6-8(4-5-12(11)16)13(18)17-7-9-2-1-3-10(9)14(19)20/h4-6,9-10H,1-3,7,16H2,(H,17,18)(H,19,20). The Morgan fingerprint density at radius 3 is 2.80 bits per heavy atom. The smallest absolute Gasteiger partial charge is 0.306 e. The van der Waals surface area contributed by atoms with Crippen LogP contribution in [-0.4, -0.2) is 23.5 Å². The minimum atomic E-state index is -0.819. The Morgan fingerprint density at radius 2 is 2.15 bits per heavy atom. The first-order valence-corrected chi connectivity index (χ1v) is 6.55. The van der Waals surface area contributed by atoms with Crippen molar-refractivity contribution < 1.29 is 19.1 Å². The Labute approximate surface area is 116 Å². The topological polar surface area (TPSA) is 92.4 Å². The van der Waals surface area contributed by atoms with Crippen molar-refractivity contribution >= 4 is 17.6 Å². The number of amides is 1. The molecule has 1 saturated carbocycles. The molecule has 0 spiro atoms. The van der Waals surface area contributed by atoms with Gasteiger partial charge in [0, 0.05) is 12.1 Å². The molecule has 0 bridgehead atoms. The summed E-state index contributed by atoms with van der Waals surface area (Å²) >= 11 is 0. The summed E-state index contributed by atoms with van der Waals surface area (Å²) in [6.07, 6.45) is 2.29. The maximum absolute atomic E-state index is 13.3. The van der Waals surface area contributed by atoms with E-state index in [1.807, 2.05) is 0 Å². The highest BCUT2D eigenvalue weighted by Crippen LogP contribution is 2.31. The molecule has 0 aromatic heterocycles. The number of carboxylic acid groups (broad SMARTS) is 1. The third-order valence-electron chi connectivity index (χ3n) is 3.76. The van der Waals surface area contributed by atoms with Gasteiger partial charge in [0.05, 0.1) is 11.6 Å². The van der Waals surface area contributed by atoms with Gasteiger partial charge in [-0.25, -0.2) is 4.39 Å². The van der Waals surface area contributed by atoms with Crippen molar-refractivity contribution in [2.75, 3.05) is 12.3 Å². The van der Waals surface area contributed by atoms with Crippen LogP contribution in [0.5, 0.6) is 0 Å². The second-order valence-electron chi connectivity index (χ2n) is 5.08. The number of hydrogen-bond acceptors (Lipinski definition) is 3. The van der Waals surface area contributed by atoms with E-state index in [4.69, 9.17) is 10.8 Å². The molecule has 0 aliphatic heterocycles. The van der Waals surface area contributed by atoms with Crippen LogP contribution < -0.4 is 11.1 Å². The van der Waals surface area contributed by atoms with Crippen LogP contribution in [0.1, 0.15) is 29.6 Å². The van der Waals surface area contributed by atoms with E-state index in [-0.39, 0.29) is 17.2 Å². The van der Waals surface area contributed by atoms with Crippen LogP contribution in [0.3, 0.4) is 0 Å². The Hall–Kier alpha value is -2.11. The molecule has 6 heteroatoms. The average molecular weight is 280 g/mol. The molecule has 1 fully saturated rings. The number of carbonyl (C=O) groups excluding carboxylic acids is 1. The van der Waals surface area contributed by atoms with Crippen LogP contribution in [0.2, 0.25) is 0 Å². The average Bonchev–Trinajstić information content (AvgIpc) is 2.87. The summed E-state index contributed by atoms with van der Waals surface area (Å²) in [7, 11) is 0. The fourth-order valence-electron chi connectivity index (χ4n) is 2.60. The molecule has 0 radical (unpaired) electrons. The number of hydrogen-bond donors (Lipinski definition) is 3. The number of carboxylic acids is 1. The van der Waals surface area contributed by atoms with Crippen LogP contribution in [0.15, 0.2) is 18.2 Å². The Bertz CT molecular complexity index is 533. The van der Waals surface area contributed by atoms with Gasteiger partial charge in [-0.15, -0.1) is 0 Å². The molecular weight excluding hydrogens is 263 g/mol. The first-order valence-electron chi connectivity index (χ1n) is 6.55. The first kappa shape index (κ1) is 14.3. The quantitative estimate of drug-likeness (QED) is 0.731. The number of anilines is 1. The Morgan fingerprint density at radius 1 is 1.40 bits per heavy atom. The van der Waals surface area contributed by atoms with Crippen LogP contribution in [0.25, 0.3) is 0 Å². The number of nitrogens with one attached hydrogen (secondary N) is 1. The number of carbonyl (C=O) groups is 2. The number of rotatable bonds is 4. The SMILES string of the molecule is Nc1ccc(C(=O)NCC2CCCC2C(=O)O)cc1F. The fraction of sp³-hybridized carbons (Fsp3) is 0.429. The molecule has 108 valence electrons. The summed E-state index contributed by atoms with van der Waals surface area (Å²) in [5.41, 5.74) is 5.51. The third kappa shape index (κ3) is 3.07. The summed E-state index contributed by atoms with van der Waals surface area (Å²) in [4.78, 5) is 22.9. The lowest BCUT2D eigenvalue weighted by atomic mass is 9.96. The monoisotopic (exact) mass is 280 g/mol. The molecule has 20 heavy (non-hydrogen) atoms. The molecule has 2 atom stereocenters. The molecule has 4 N–H and O–H groups in total. The molecule has 0 heterocycles. The summed E-state index contributed by atoms with van der Waals surface area (Å²) in [5.74, 6) is -2.34. The van der Waals surface area contributed by atoms with E-state index in [9.17, 15) is 14.0 Å². The van der Waals surface area contributed by atoms with E-state index in [0.29, 0.717) is 13.0 Å². The first-order chi connectivity index (χ1) is 9.49. The number of aliphatic carboxylic acids is 1. The third-order valence-corrected chi connectivity index (χ3v) is 3.76. The minimum absolute atomic E-state index is 0.0108. The van der Waals surface area contributed by atoms with Crippen molar-refractivity contribution in [2.45, 2.75) is 19.3 Å². The van der Waals surface area contributed by atoms with Crippen LogP contribution >= 0.6 is 0 Å². The van der Waals surface area contributed by atoms with Gasteiger partial charge >= 0.3 is 5.97 Å². The van der Waals surface area contributed by atoms with E-state index in [1.165, 1.54) is 12.1 Å². The molecule has 0 saturated heterocycles. The lowest BCUT2D eigenvalue weighted by Crippen LogP contribution is -2.33. The highest BCUT2D eigenvalue weighted by atomic mass is 19.1. The molecule has 1 aromatic rings. The number of halogens is 1. The van der Waals surface area contributed by atoms with Crippen molar-refractivity contribution in [1.29, 1.82) is 0 Å². The maximum Gasteiger partial charge on any atom is 0.306 e. The van der Waals surface area contributed by atoms with Gasteiger partial charge in [-0.1, -0.05) is 6.42 Å². The summed E-state index contributed by atoms with van der Waals surface area (Å²) in [6, 6.07) is 3.85. The zero-order chi connectivity index (χ0) is 14.7. The molecule has 2 rings (SSSR count). The van der Waals surface area contributed by atoms with Crippen molar-refractivity contribution in [3.05, 3.63) is 29.6 Å². The minimum Gasteiger partial charge on any atom is -0.481 e. The zero-order valence-electron chi connectivity index (χ0n) is 10.9. The summed E-state index contributed by atoms with van der Waals surface area (Å²) in [6.45, 7) is 0.293. The van der Waals surface area contributed by atoms with Crippen molar-refractivity contribution in [3.8, 4) is 0 Å². The van der Waals surface area contributed by atoms with Gasteiger partial charge < -0.3 is 16.2 Å². The number of nitrogen functional groups attached to an aromatic ring is 1. The molecular formula is C14H17FN2O3. The van der Waals surface area contributed by atoms with Gasteiger partial charge in [0.1, 0.15) is 5.82 Å². The van der Waals surface area contributed by atoms with Gasteiger partial charge in [-0.3, -0.25) is 9.59 Å². The highest BCUT2D eigenvalue weighted by Gasteiger charge is 2.32. The molecule has 1 aromatic carbocycles. The van der Waals surface area contributed by atoms with Gasteiger partial charge in [0.2, 0.25) is 0 Å². The van der Waals surface area contributed by atoms with Crippen LogP contribution in [0.4, 0.5) is 10.1 Å². The highest BCUT2D eigenvalue weighted by molar-refractivity contribution is 5.94. The largest absolute Gasteiger partial charge is 0.481 e. The van der Waals surface area contributed by atoms with E-state index in [2.05, 4.69) is 5.32 Å². The van der Waals surface area contributed by atoms with E-state index >= 15 is 0 Å². The molecule has 2 unspecified atom stereocenters. The number of nitrogens with two attached hydrogens (primary N) is 1.